The predicted octanol–water partition coefficient (Wildman–Crippen LogP) is 4.19. The first kappa shape index (κ1) is 25.7. The van der Waals surface area contributed by atoms with Crippen LogP contribution in [0.3, 0.4) is 0 Å². The van der Waals surface area contributed by atoms with Crippen molar-refractivity contribution in [3.63, 3.8) is 0 Å². The van der Waals surface area contributed by atoms with E-state index < -0.39 is 10.0 Å². The van der Waals surface area contributed by atoms with Crippen molar-refractivity contribution in [3.8, 4) is 22.8 Å². The summed E-state index contributed by atoms with van der Waals surface area (Å²) in [6.07, 6.45) is 0. The van der Waals surface area contributed by atoms with E-state index in [1.807, 2.05) is 36.4 Å². The Kier molecular flexibility index (Phi) is 7.28. The van der Waals surface area contributed by atoms with Crippen LogP contribution in [0.25, 0.3) is 22.2 Å². The second-order valence-corrected chi connectivity index (χ2v) is 10.6. The van der Waals surface area contributed by atoms with Gasteiger partial charge in [-0.15, -0.1) is 0 Å². The summed E-state index contributed by atoms with van der Waals surface area (Å²) in [5.41, 5.74) is 2.94. The van der Waals surface area contributed by atoms with Gasteiger partial charge in [-0.3, -0.25) is 4.79 Å². The number of morpholine rings is 1. The van der Waals surface area contributed by atoms with E-state index in [0.29, 0.717) is 65.6 Å². The van der Waals surface area contributed by atoms with Gasteiger partial charge in [-0.25, -0.2) is 13.4 Å². The van der Waals surface area contributed by atoms with Crippen molar-refractivity contribution in [1.82, 2.24) is 9.29 Å². The number of methoxy groups -OCH3 is 2. The number of nitrogens with one attached hydrogen (secondary N) is 1. The first-order valence-corrected chi connectivity index (χ1v) is 13.5. The summed E-state index contributed by atoms with van der Waals surface area (Å²) >= 11 is 0. The number of hydrogen-bond donors (Lipinski definition) is 1. The topological polar surface area (TPSA) is 107 Å². The minimum Gasteiger partial charge on any atom is -0.493 e. The molecule has 1 saturated heterocycles. The molecule has 1 aromatic heterocycles. The molecule has 1 aliphatic heterocycles. The van der Waals surface area contributed by atoms with Gasteiger partial charge in [-0.05, 0) is 54.6 Å². The molecule has 1 fully saturated rings. The Morgan fingerprint density at radius 2 is 1.63 bits per heavy atom. The number of amides is 1. The number of hydrogen-bond acceptors (Lipinski definition) is 7. The maximum atomic E-state index is 13.4. The molecule has 0 atom stereocenters. The normalized spacial score (nSPS) is 14.3. The third kappa shape index (κ3) is 5.06. The molecule has 4 aromatic rings. The van der Waals surface area contributed by atoms with E-state index in [9.17, 15) is 13.2 Å². The zero-order chi connectivity index (χ0) is 26.7. The molecule has 5 rings (SSSR count). The van der Waals surface area contributed by atoms with Gasteiger partial charge in [-0.1, -0.05) is 18.2 Å². The predicted molar refractivity (Wildman–Crippen MR) is 144 cm³/mol. The van der Waals surface area contributed by atoms with Gasteiger partial charge in [-0.2, -0.15) is 4.31 Å². The molecule has 0 spiro atoms. The number of anilines is 1. The summed E-state index contributed by atoms with van der Waals surface area (Å²) in [6.45, 7) is 1.38. The van der Waals surface area contributed by atoms with Crippen LogP contribution in [0.15, 0.2) is 77.7 Å². The van der Waals surface area contributed by atoms with Crippen molar-refractivity contribution in [2.75, 3.05) is 45.8 Å². The maximum absolute atomic E-state index is 13.4. The molecule has 196 valence electrons. The number of para-hydroxylation sites is 1. The standard InChI is InChI=1S/C28H27N3O6S/c1-35-26-12-7-19(17-27(26)36-2)25-18-23(22-5-3-4-6-24(22)30-25)28(32)29-20-8-10-21(11-9-20)38(33,34)31-13-15-37-16-14-31/h3-12,17-18H,13-16H2,1-2H3,(H,29,32). The Balaban J connectivity index is 1.45. The van der Waals surface area contributed by atoms with E-state index in [-0.39, 0.29) is 10.8 Å². The average Bonchev–Trinajstić information content (AvgIpc) is 2.96. The van der Waals surface area contributed by atoms with Crippen LogP contribution in [0.1, 0.15) is 10.4 Å². The van der Waals surface area contributed by atoms with E-state index in [2.05, 4.69) is 5.32 Å². The highest BCUT2D eigenvalue weighted by Gasteiger charge is 2.26. The minimum atomic E-state index is -3.62. The Morgan fingerprint density at radius 1 is 0.921 bits per heavy atom. The maximum Gasteiger partial charge on any atom is 0.256 e. The van der Waals surface area contributed by atoms with Crippen molar-refractivity contribution in [2.45, 2.75) is 4.90 Å². The number of pyridine rings is 1. The van der Waals surface area contributed by atoms with Crippen LogP contribution < -0.4 is 14.8 Å². The number of nitrogens with zero attached hydrogens (tertiary/aromatic N) is 2. The lowest BCUT2D eigenvalue weighted by Crippen LogP contribution is -2.40. The Labute approximate surface area is 221 Å². The summed E-state index contributed by atoms with van der Waals surface area (Å²) in [6, 6.07) is 20.8. The van der Waals surface area contributed by atoms with E-state index in [1.165, 1.54) is 16.4 Å². The number of ether oxygens (including phenoxy) is 3. The quantitative estimate of drug-likeness (QED) is 0.380. The highest BCUT2D eigenvalue weighted by Crippen LogP contribution is 2.33. The molecule has 0 radical (unpaired) electrons. The number of carbonyl (C=O) groups excluding carboxylic acids is 1. The fraction of sp³-hybridized carbons (Fsp3) is 0.214. The molecular formula is C28H27N3O6S. The average molecular weight is 534 g/mol. The number of benzene rings is 3. The number of rotatable bonds is 7. The molecule has 0 aliphatic carbocycles. The number of aromatic nitrogens is 1. The van der Waals surface area contributed by atoms with Gasteiger partial charge in [0.2, 0.25) is 10.0 Å². The van der Waals surface area contributed by atoms with Crippen LogP contribution in [-0.4, -0.2) is 64.1 Å². The Bertz CT molecular complexity index is 1580. The zero-order valence-electron chi connectivity index (χ0n) is 21.0. The molecule has 10 heteroatoms. The zero-order valence-corrected chi connectivity index (χ0v) is 21.8. The lowest BCUT2D eigenvalue weighted by atomic mass is 10.0. The summed E-state index contributed by atoms with van der Waals surface area (Å²) in [4.78, 5) is 18.4. The van der Waals surface area contributed by atoms with Crippen LogP contribution in [0.4, 0.5) is 5.69 Å². The number of fused-ring (bicyclic) bond motifs is 1. The molecule has 38 heavy (non-hydrogen) atoms. The highest BCUT2D eigenvalue weighted by atomic mass is 32.2. The van der Waals surface area contributed by atoms with Gasteiger partial charge >= 0.3 is 0 Å². The fourth-order valence-electron chi connectivity index (χ4n) is 4.35. The molecule has 0 bridgehead atoms. The van der Waals surface area contributed by atoms with Crippen molar-refractivity contribution in [1.29, 1.82) is 0 Å². The van der Waals surface area contributed by atoms with Crippen molar-refractivity contribution >= 4 is 32.5 Å². The second-order valence-electron chi connectivity index (χ2n) is 8.64. The monoisotopic (exact) mass is 533 g/mol. The second kappa shape index (κ2) is 10.8. The van der Waals surface area contributed by atoms with Crippen LogP contribution >= 0.6 is 0 Å². The first-order valence-electron chi connectivity index (χ1n) is 12.0. The van der Waals surface area contributed by atoms with Crippen LogP contribution in [-0.2, 0) is 14.8 Å². The van der Waals surface area contributed by atoms with E-state index in [1.54, 1.807) is 38.5 Å². The molecular weight excluding hydrogens is 506 g/mol. The third-order valence-electron chi connectivity index (χ3n) is 6.36. The van der Waals surface area contributed by atoms with Gasteiger partial charge in [0.05, 0.1) is 49.1 Å². The third-order valence-corrected chi connectivity index (χ3v) is 8.27. The van der Waals surface area contributed by atoms with Crippen molar-refractivity contribution in [3.05, 3.63) is 78.4 Å². The number of sulfonamides is 1. The SMILES string of the molecule is COc1ccc(-c2cc(C(=O)Nc3ccc(S(=O)(=O)N4CCOCC4)cc3)c3ccccc3n2)cc1OC. The highest BCUT2D eigenvalue weighted by molar-refractivity contribution is 7.89. The van der Waals surface area contributed by atoms with Crippen LogP contribution in [0.2, 0.25) is 0 Å². The first-order chi connectivity index (χ1) is 18.4. The van der Waals surface area contributed by atoms with Crippen LogP contribution in [0.5, 0.6) is 11.5 Å². The lowest BCUT2D eigenvalue weighted by molar-refractivity contribution is 0.0730. The smallest absolute Gasteiger partial charge is 0.256 e. The summed E-state index contributed by atoms with van der Waals surface area (Å²) < 4.78 is 43.2. The summed E-state index contributed by atoms with van der Waals surface area (Å²) in [5, 5.41) is 3.58. The molecule has 1 N–H and O–H groups in total. The molecule has 3 aromatic carbocycles. The summed E-state index contributed by atoms with van der Waals surface area (Å²) in [5.74, 6) is 0.807. The molecule has 0 saturated carbocycles. The van der Waals surface area contributed by atoms with Gasteiger partial charge in [0.1, 0.15) is 0 Å². The van der Waals surface area contributed by atoms with Gasteiger partial charge in [0, 0.05) is 29.7 Å². The fourth-order valence-corrected chi connectivity index (χ4v) is 5.76. The largest absolute Gasteiger partial charge is 0.493 e. The van der Waals surface area contributed by atoms with Gasteiger partial charge in [0.15, 0.2) is 11.5 Å². The molecule has 1 amide bonds. The Morgan fingerprint density at radius 3 is 2.34 bits per heavy atom. The van der Waals surface area contributed by atoms with Gasteiger partial charge < -0.3 is 19.5 Å². The molecule has 2 heterocycles. The van der Waals surface area contributed by atoms with Gasteiger partial charge in [0.25, 0.3) is 5.91 Å². The lowest BCUT2D eigenvalue weighted by Gasteiger charge is -2.26. The molecule has 1 aliphatic rings. The van der Waals surface area contributed by atoms with E-state index in [4.69, 9.17) is 19.2 Å². The van der Waals surface area contributed by atoms with E-state index >= 15 is 0 Å². The van der Waals surface area contributed by atoms with E-state index in [0.717, 1.165) is 5.56 Å². The minimum absolute atomic E-state index is 0.169. The van der Waals surface area contributed by atoms with Crippen molar-refractivity contribution < 1.29 is 27.4 Å². The molecule has 9 nitrogen and oxygen atoms in total. The summed E-state index contributed by atoms with van der Waals surface area (Å²) in [7, 11) is -0.493. The number of carbonyl (C=O) groups is 1. The molecule has 0 unspecified atom stereocenters. The Hall–Kier alpha value is -3.99. The van der Waals surface area contributed by atoms with Crippen molar-refractivity contribution in [2.24, 2.45) is 0 Å². The van der Waals surface area contributed by atoms with Crippen LogP contribution in [0, 0.1) is 0 Å².